The van der Waals surface area contributed by atoms with Gasteiger partial charge in [-0.1, -0.05) is 6.07 Å². The number of nitrogens with zero attached hydrogens (tertiary/aromatic N) is 1. The Kier molecular flexibility index (Phi) is 4.11. The second-order valence-corrected chi connectivity index (χ2v) is 5.31. The van der Waals surface area contributed by atoms with Gasteiger partial charge in [0.25, 0.3) is 5.91 Å². The molecule has 2 N–H and O–H groups in total. The normalized spacial score (nSPS) is 18.7. The van der Waals surface area contributed by atoms with Crippen LogP contribution < -0.4 is 5.32 Å². The van der Waals surface area contributed by atoms with Gasteiger partial charge in [-0.15, -0.1) is 0 Å². The van der Waals surface area contributed by atoms with E-state index < -0.39 is 6.10 Å². The minimum atomic E-state index is -0.678. The molecule has 1 atom stereocenters. The molecule has 3 rings (SSSR count). The molecule has 1 aromatic heterocycles. The maximum absolute atomic E-state index is 12.1. The smallest absolute Gasteiger partial charge is 0.252 e. The molecular weight excluding hydrogens is 282 g/mol. The van der Waals surface area contributed by atoms with E-state index in [0.29, 0.717) is 25.4 Å². The Morgan fingerprint density at radius 2 is 2.32 bits per heavy atom. The molecule has 0 radical (unpaired) electrons. The van der Waals surface area contributed by atoms with Gasteiger partial charge in [-0.05, 0) is 30.5 Å². The molecule has 0 spiro atoms. The van der Waals surface area contributed by atoms with E-state index >= 15 is 0 Å². The minimum absolute atomic E-state index is 0.0398. The molecule has 1 unspecified atom stereocenters. The van der Waals surface area contributed by atoms with Crippen LogP contribution in [0.2, 0.25) is 0 Å². The lowest BCUT2D eigenvalue weighted by Crippen LogP contribution is -2.48. The van der Waals surface area contributed by atoms with Gasteiger partial charge < -0.3 is 19.9 Å². The summed E-state index contributed by atoms with van der Waals surface area (Å²) in [7, 11) is 0. The number of morpholine rings is 1. The fraction of sp³-hybridized carbons (Fsp3) is 0.375. The first kappa shape index (κ1) is 14.6. The first-order valence-electron chi connectivity index (χ1n) is 7.44. The van der Waals surface area contributed by atoms with E-state index in [0.717, 1.165) is 10.9 Å². The number of H-pyrrole nitrogens is 1. The minimum Gasteiger partial charge on any atom is -0.366 e. The van der Waals surface area contributed by atoms with E-state index in [-0.39, 0.29) is 18.2 Å². The number of rotatable bonds is 4. The van der Waals surface area contributed by atoms with E-state index in [9.17, 15) is 9.59 Å². The van der Waals surface area contributed by atoms with Gasteiger partial charge in [0.1, 0.15) is 6.10 Å². The number of anilines is 1. The van der Waals surface area contributed by atoms with E-state index in [1.54, 1.807) is 4.90 Å². The van der Waals surface area contributed by atoms with Crippen molar-refractivity contribution < 1.29 is 14.3 Å². The lowest BCUT2D eigenvalue weighted by atomic mass is 10.1. The summed E-state index contributed by atoms with van der Waals surface area (Å²) in [6.07, 6.45) is 1.21. The number of fused-ring (bicyclic) bond motifs is 1. The molecule has 1 aliphatic rings. The third kappa shape index (κ3) is 2.96. The zero-order valence-corrected chi connectivity index (χ0v) is 12.5. The van der Waals surface area contributed by atoms with Gasteiger partial charge in [0, 0.05) is 30.5 Å². The van der Waals surface area contributed by atoms with E-state index in [2.05, 4.69) is 10.3 Å². The molecule has 22 heavy (non-hydrogen) atoms. The Bertz CT molecular complexity index is 695. The first-order valence-corrected chi connectivity index (χ1v) is 7.44. The van der Waals surface area contributed by atoms with Gasteiger partial charge >= 0.3 is 0 Å². The Balaban J connectivity index is 1.63. The van der Waals surface area contributed by atoms with Crippen LogP contribution in [0.15, 0.2) is 30.5 Å². The number of carbonyl (C=O) groups is 2. The van der Waals surface area contributed by atoms with Crippen molar-refractivity contribution in [3.8, 4) is 0 Å². The quantitative estimate of drug-likeness (QED) is 0.903. The molecule has 6 nitrogen and oxygen atoms in total. The van der Waals surface area contributed by atoms with Crippen molar-refractivity contribution in [2.45, 2.75) is 19.4 Å². The number of aromatic amines is 1. The van der Waals surface area contributed by atoms with Crippen LogP contribution in [0.3, 0.4) is 0 Å². The molecule has 0 aliphatic carbocycles. The van der Waals surface area contributed by atoms with Crippen LogP contribution in [0.4, 0.5) is 5.69 Å². The molecule has 0 saturated carbocycles. The molecular formula is C16H19N3O3. The SMILES string of the molecule is CCN1CCOC(CC(=O)Nc2ccc3cc[nH]c3c2)C1=O. The molecule has 2 amide bonds. The lowest BCUT2D eigenvalue weighted by Gasteiger charge is -2.31. The summed E-state index contributed by atoms with van der Waals surface area (Å²) in [5.41, 5.74) is 1.66. The van der Waals surface area contributed by atoms with Crippen LogP contribution in [0.5, 0.6) is 0 Å². The maximum Gasteiger partial charge on any atom is 0.252 e. The number of benzene rings is 1. The summed E-state index contributed by atoms with van der Waals surface area (Å²) in [6.45, 7) is 3.64. The summed E-state index contributed by atoms with van der Waals surface area (Å²) in [5, 5.41) is 3.90. The molecule has 2 heterocycles. The standard InChI is InChI=1S/C16H19N3O3/c1-2-19-7-8-22-14(16(19)21)10-15(20)18-12-4-3-11-5-6-17-13(11)9-12/h3-6,9,14,17H,2,7-8,10H2,1H3,(H,18,20). The fourth-order valence-corrected chi connectivity index (χ4v) is 2.66. The second-order valence-electron chi connectivity index (χ2n) is 5.31. The van der Waals surface area contributed by atoms with Gasteiger partial charge in [0.15, 0.2) is 0 Å². The largest absolute Gasteiger partial charge is 0.366 e. The van der Waals surface area contributed by atoms with Crippen molar-refractivity contribution in [2.75, 3.05) is 25.0 Å². The van der Waals surface area contributed by atoms with Gasteiger partial charge in [-0.3, -0.25) is 9.59 Å². The Morgan fingerprint density at radius 1 is 1.45 bits per heavy atom. The van der Waals surface area contributed by atoms with E-state index in [1.807, 2.05) is 37.4 Å². The number of amides is 2. The number of carbonyl (C=O) groups excluding carboxylic acids is 2. The summed E-state index contributed by atoms with van der Waals surface area (Å²) in [6, 6.07) is 7.61. The Hall–Kier alpha value is -2.34. The zero-order chi connectivity index (χ0) is 15.5. The highest BCUT2D eigenvalue weighted by atomic mass is 16.5. The van der Waals surface area contributed by atoms with Gasteiger partial charge in [-0.25, -0.2) is 0 Å². The topological polar surface area (TPSA) is 74.4 Å². The van der Waals surface area contributed by atoms with E-state index in [1.165, 1.54) is 0 Å². The fourth-order valence-electron chi connectivity index (χ4n) is 2.66. The Labute approximate surface area is 128 Å². The second kappa shape index (κ2) is 6.19. The number of nitrogens with one attached hydrogen (secondary N) is 2. The predicted octanol–water partition coefficient (Wildman–Crippen LogP) is 1.74. The summed E-state index contributed by atoms with van der Waals surface area (Å²) in [4.78, 5) is 29.0. The molecule has 0 bridgehead atoms. The third-order valence-electron chi connectivity index (χ3n) is 3.86. The monoisotopic (exact) mass is 301 g/mol. The van der Waals surface area contributed by atoms with E-state index in [4.69, 9.17) is 4.74 Å². The van der Waals surface area contributed by atoms with Crippen LogP contribution in [-0.2, 0) is 14.3 Å². The highest BCUT2D eigenvalue weighted by Crippen LogP contribution is 2.18. The van der Waals surface area contributed by atoms with Crippen LogP contribution in [0, 0.1) is 0 Å². The number of aromatic nitrogens is 1. The third-order valence-corrected chi connectivity index (χ3v) is 3.86. The summed E-state index contributed by atoms with van der Waals surface area (Å²) in [5.74, 6) is -0.328. The number of likely N-dealkylation sites (N-methyl/N-ethyl adjacent to an activating group) is 1. The van der Waals surface area contributed by atoms with Crippen molar-refractivity contribution in [3.05, 3.63) is 30.5 Å². The number of hydrogen-bond donors (Lipinski definition) is 2. The zero-order valence-electron chi connectivity index (χ0n) is 12.5. The average Bonchev–Trinajstić information content (AvgIpc) is 2.97. The molecule has 1 saturated heterocycles. The molecule has 116 valence electrons. The van der Waals surface area contributed by atoms with Gasteiger partial charge in [0.05, 0.1) is 13.0 Å². The van der Waals surface area contributed by atoms with Crippen molar-refractivity contribution in [3.63, 3.8) is 0 Å². The van der Waals surface area contributed by atoms with Crippen LogP contribution in [0.1, 0.15) is 13.3 Å². The molecule has 6 heteroatoms. The maximum atomic E-state index is 12.1. The molecule has 2 aromatic rings. The summed E-state index contributed by atoms with van der Waals surface area (Å²) < 4.78 is 5.43. The molecule has 1 aromatic carbocycles. The number of hydrogen-bond acceptors (Lipinski definition) is 3. The highest BCUT2D eigenvalue weighted by molar-refractivity contribution is 5.96. The highest BCUT2D eigenvalue weighted by Gasteiger charge is 2.30. The van der Waals surface area contributed by atoms with Crippen molar-refractivity contribution >= 4 is 28.4 Å². The Morgan fingerprint density at radius 3 is 3.14 bits per heavy atom. The van der Waals surface area contributed by atoms with Crippen LogP contribution in [-0.4, -0.2) is 47.5 Å². The van der Waals surface area contributed by atoms with Gasteiger partial charge in [-0.2, -0.15) is 0 Å². The first-order chi connectivity index (χ1) is 10.7. The van der Waals surface area contributed by atoms with Crippen molar-refractivity contribution in [1.29, 1.82) is 0 Å². The van der Waals surface area contributed by atoms with Crippen molar-refractivity contribution in [2.24, 2.45) is 0 Å². The number of ether oxygens (including phenoxy) is 1. The van der Waals surface area contributed by atoms with Crippen LogP contribution >= 0.6 is 0 Å². The predicted molar refractivity (Wildman–Crippen MR) is 83.5 cm³/mol. The average molecular weight is 301 g/mol. The lowest BCUT2D eigenvalue weighted by molar-refractivity contribution is -0.154. The molecule has 1 aliphatic heterocycles. The van der Waals surface area contributed by atoms with Crippen molar-refractivity contribution in [1.82, 2.24) is 9.88 Å². The van der Waals surface area contributed by atoms with Crippen LogP contribution in [0.25, 0.3) is 10.9 Å². The summed E-state index contributed by atoms with van der Waals surface area (Å²) >= 11 is 0. The van der Waals surface area contributed by atoms with Gasteiger partial charge in [0.2, 0.25) is 5.91 Å². The molecule has 1 fully saturated rings.